The highest BCUT2D eigenvalue weighted by Crippen LogP contribution is 2.29. The molecule has 0 saturated heterocycles. The molecule has 1 N–H and O–H groups in total. The average Bonchev–Trinajstić information content (AvgIpc) is 2.74. The Bertz CT molecular complexity index is 894. The van der Waals surface area contributed by atoms with Gasteiger partial charge in [0, 0.05) is 11.1 Å². The number of benzene rings is 3. The quantitative estimate of drug-likeness (QED) is 0.549. The van der Waals surface area contributed by atoms with Crippen molar-refractivity contribution in [3.8, 4) is 0 Å². The van der Waals surface area contributed by atoms with Gasteiger partial charge in [0.1, 0.15) is 0 Å². The van der Waals surface area contributed by atoms with Crippen LogP contribution in [0.25, 0.3) is 16.8 Å². The Hall–Kier alpha value is -2.58. The van der Waals surface area contributed by atoms with Crippen LogP contribution in [0.1, 0.15) is 36.8 Å². The van der Waals surface area contributed by atoms with Gasteiger partial charge in [-0.15, -0.1) is 0 Å². The van der Waals surface area contributed by atoms with Gasteiger partial charge in [-0.2, -0.15) is 0 Å². The maximum Gasteiger partial charge on any atom is 0.0780 e. The lowest BCUT2D eigenvalue weighted by Gasteiger charge is -2.33. The minimum Gasteiger partial charge on any atom is -0.379 e. The Labute approximate surface area is 161 Å². The number of fused-ring (bicyclic) bond motifs is 1. The standard InChI is InChI=1S/C25H27NO/c1-2-19-14-16-20(17-15-19)18-27-25-13-6-5-11-24(25)26-23-12-7-9-21-8-3-4-10-22(21)23/h2-4,7-10,12,14-17,24-26H,1,5-6,11,13,18H2. The normalized spacial score (nSPS) is 19.7. The number of hydrogen-bond donors (Lipinski definition) is 1. The van der Waals surface area contributed by atoms with Crippen molar-refractivity contribution in [2.24, 2.45) is 0 Å². The minimum absolute atomic E-state index is 0.247. The molecule has 0 amide bonds. The van der Waals surface area contributed by atoms with Gasteiger partial charge in [-0.3, -0.25) is 0 Å². The zero-order valence-corrected chi connectivity index (χ0v) is 15.7. The summed E-state index contributed by atoms with van der Waals surface area (Å²) >= 11 is 0. The molecule has 0 heterocycles. The molecule has 27 heavy (non-hydrogen) atoms. The van der Waals surface area contributed by atoms with Gasteiger partial charge in [0.15, 0.2) is 0 Å². The zero-order valence-electron chi connectivity index (χ0n) is 15.7. The molecule has 2 nitrogen and oxygen atoms in total. The summed E-state index contributed by atoms with van der Waals surface area (Å²) in [4.78, 5) is 0. The van der Waals surface area contributed by atoms with Crippen molar-refractivity contribution >= 4 is 22.5 Å². The second-order valence-corrected chi connectivity index (χ2v) is 7.36. The third kappa shape index (κ3) is 4.23. The third-order valence-electron chi connectivity index (χ3n) is 5.51. The molecule has 2 heteroatoms. The van der Waals surface area contributed by atoms with Crippen LogP contribution in [0.15, 0.2) is 73.3 Å². The summed E-state index contributed by atoms with van der Waals surface area (Å²) in [6, 6.07) is 23.9. The SMILES string of the molecule is C=Cc1ccc(COC2CCCCC2Nc2cccc3ccccc23)cc1. The molecule has 1 fully saturated rings. The molecule has 1 saturated carbocycles. The van der Waals surface area contributed by atoms with E-state index in [4.69, 9.17) is 4.74 Å². The molecule has 0 radical (unpaired) electrons. The summed E-state index contributed by atoms with van der Waals surface area (Å²) in [6.45, 7) is 4.47. The summed E-state index contributed by atoms with van der Waals surface area (Å²) in [5.41, 5.74) is 3.57. The smallest absolute Gasteiger partial charge is 0.0780 e. The number of hydrogen-bond acceptors (Lipinski definition) is 2. The molecule has 1 aliphatic carbocycles. The average molecular weight is 357 g/mol. The van der Waals surface area contributed by atoms with Crippen LogP contribution in [0.3, 0.4) is 0 Å². The van der Waals surface area contributed by atoms with Gasteiger partial charge in [0.25, 0.3) is 0 Å². The van der Waals surface area contributed by atoms with Crippen molar-refractivity contribution in [2.75, 3.05) is 5.32 Å². The van der Waals surface area contributed by atoms with Gasteiger partial charge in [0.05, 0.1) is 18.8 Å². The first-order valence-corrected chi connectivity index (χ1v) is 9.91. The lowest BCUT2D eigenvalue weighted by atomic mass is 9.91. The van der Waals surface area contributed by atoms with Crippen molar-refractivity contribution in [3.63, 3.8) is 0 Å². The summed E-state index contributed by atoms with van der Waals surface area (Å²) in [7, 11) is 0. The zero-order chi connectivity index (χ0) is 18.5. The fourth-order valence-corrected chi connectivity index (χ4v) is 3.97. The minimum atomic E-state index is 0.247. The van der Waals surface area contributed by atoms with E-state index < -0.39 is 0 Å². The van der Waals surface area contributed by atoms with Crippen LogP contribution in [0.5, 0.6) is 0 Å². The Morgan fingerprint density at radius 1 is 0.926 bits per heavy atom. The first-order valence-electron chi connectivity index (χ1n) is 9.91. The van der Waals surface area contributed by atoms with Crippen molar-refractivity contribution in [2.45, 2.75) is 44.4 Å². The molecule has 1 aliphatic rings. The van der Waals surface area contributed by atoms with E-state index in [2.05, 4.69) is 78.6 Å². The largest absolute Gasteiger partial charge is 0.379 e. The van der Waals surface area contributed by atoms with E-state index in [1.54, 1.807) is 0 Å². The maximum absolute atomic E-state index is 6.35. The molecule has 138 valence electrons. The van der Waals surface area contributed by atoms with Crippen LogP contribution >= 0.6 is 0 Å². The predicted molar refractivity (Wildman–Crippen MR) is 115 cm³/mol. The van der Waals surface area contributed by atoms with E-state index in [9.17, 15) is 0 Å². The number of rotatable bonds is 6. The Morgan fingerprint density at radius 2 is 1.70 bits per heavy atom. The fraction of sp³-hybridized carbons (Fsp3) is 0.280. The van der Waals surface area contributed by atoms with E-state index in [-0.39, 0.29) is 6.10 Å². The molecule has 4 rings (SSSR count). The molecule has 0 bridgehead atoms. The van der Waals surface area contributed by atoms with Crippen LogP contribution in [0.2, 0.25) is 0 Å². The molecule has 0 aromatic heterocycles. The van der Waals surface area contributed by atoms with Crippen LogP contribution in [0.4, 0.5) is 5.69 Å². The number of anilines is 1. The lowest BCUT2D eigenvalue weighted by molar-refractivity contribution is 0.00886. The van der Waals surface area contributed by atoms with Crippen molar-refractivity contribution in [1.29, 1.82) is 0 Å². The predicted octanol–water partition coefficient (Wildman–Crippen LogP) is 6.42. The van der Waals surface area contributed by atoms with Gasteiger partial charge in [-0.25, -0.2) is 0 Å². The Morgan fingerprint density at radius 3 is 2.56 bits per heavy atom. The van der Waals surface area contributed by atoms with Crippen LogP contribution in [-0.2, 0) is 11.3 Å². The molecule has 3 aromatic rings. The maximum atomic E-state index is 6.35. The third-order valence-corrected chi connectivity index (χ3v) is 5.51. The summed E-state index contributed by atoms with van der Waals surface area (Å²) in [6.07, 6.45) is 6.90. The topological polar surface area (TPSA) is 21.3 Å². The molecule has 3 aromatic carbocycles. The van der Waals surface area contributed by atoms with Crippen LogP contribution in [-0.4, -0.2) is 12.1 Å². The van der Waals surface area contributed by atoms with Gasteiger partial charge in [-0.1, -0.05) is 86.2 Å². The van der Waals surface area contributed by atoms with E-state index in [0.717, 1.165) is 18.4 Å². The van der Waals surface area contributed by atoms with Crippen molar-refractivity contribution in [3.05, 3.63) is 84.4 Å². The monoisotopic (exact) mass is 357 g/mol. The van der Waals surface area contributed by atoms with Crippen LogP contribution < -0.4 is 5.32 Å². The first-order chi connectivity index (χ1) is 13.3. The van der Waals surface area contributed by atoms with E-state index >= 15 is 0 Å². The highest BCUT2D eigenvalue weighted by Gasteiger charge is 2.26. The highest BCUT2D eigenvalue weighted by molar-refractivity contribution is 5.93. The van der Waals surface area contributed by atoms with Crippen molar-refractivity contribution < 1.29 is 4.74 Å². The van der Waals surface area contributed by atoms with Gasteiger partial charge >= 0.3 is 0 Å². The summed E-state index contributed by atoms with van der Waals surface area (Å²) in [5.74, 6) is 0. The van der Waals surface area contributed by atoms with E-state index in [0.29, 0.717) is 12.6 Å². The van der Waals surface area contributed by atoms with Gasteiger partial charge in [0.2, 0.25) is 0 Å². The summed E-state index contributed by atoms with van der Waals surface area (Å²) < 4.78 is 6.35. The highest BCUT2D eigenvalue weighted by atomic mass is 16.5. The summed E-state index contributed by atoms with van der Waals surface area (Å²) in [5, 5.41) is 6.35. The number of nitrogens with one attached hydrogen (secondary N) is 1. The number of ether oxygens (including phenoxy) is 1. The van der Waals surface area contributed by atoms with Crippen molar-refractivity contribution in [1.82, 2.24) is 0 Å². The Balaban J connectivity index is 1.46. The molecular formula is C25H27NO. The molecule has 0 aliphatic heterocycles. The van der Waals surface area contributed by atoms with E-state index in [1.807, 2.05) is 6.08 Å². The molecular weight excluding hydrogens is 330 g/mol. The second kappa shape index (κ2) is 8.41. The van der Waals surface area contributed by atoms with E-state index in [1.165, 1.54) is 34.9 Å². The fourth-order valence-electron chi connectivity index (χ4n) is 3.97. The second-order valence-electron chi connectivity index (χ2n) is 7.36. The lowest BCUT2D eigenvalue weighted by Crippen LogP contribution is -2.38. The molecule has 2 unspecified atom stereocenters. The van der Waals surface area contributed by atoms with Gasteiger partial charge < -0.3 is 10.1 Å². The van der Waals surface area contributed by atoms with Gasteiger partial charge in [-0.05, 0) is 35.4 Å². The van der Waals surface area contributed by atoms with Crippen LogP contribution in [0, 0.1) is 0 Å². The molecule has 2 atom stereocenters. The first kappa shape index (κ1) is 17.8. The Kier molecular flexibility index (Phi) is 5.55. The molecule has 0 spiro atoms.